The summed E-state index contributed by atoms with van der Waals surface area (Å²) >= 11 is 1.38. The van der Waals surface area contributed by atoms with Crippen molar-refractivity contribution in [3.05, 3.63) is 126 Å². The summed E-state index contributed by atoms with van der Waals surface area (Å²) < 4.78 is 2.41. The van der Waals surface area contributed by atoms with Gasteiger partial charge in [0.05, 0.1) is 16.3 Å². The molecule has 0 saturated heterocycles. The summed E-state index contributed by atoms with van der Waals surface area (Å²) in [4.78, 5) is 19.4. The van der Waals surface area contributed by atoms with E-state index in [1.807, 2.05) is 16.7 Å². The molecule has 6 rings (SSSR count). The molecule has 4 aromatic rings. The number of thiazole rings is 1. The maximum Gasteiger partial charge on any atom is 0.271 e. The lowest BCUT2D eigenvalue weighted by atomic mass is 9.83. The van der Waals surface area contributed by atoms with Crippen LogP contribution in [-0.4, -0.2) is 9.67 Å². The van der Waals surface area contributed by atoms with Gasteiger partial charge < -0.3 is 5.11 Å². The summed E-state index contributed by atoms with van der Waals surface area (Å²) in [5.74, 6) is 0.159. The summed E-state index contributed by atoms with van der Waals surface area (Å²) in [5, 5.41) is 10.2. The number of benzene rings is 3. The molecule has 2 aliphatic rings. The fourth-order valence-electron chi connectivity index (χ4n) is 4.82. The molecule has 0 fully saturated rings. The van der Waals surface area contributed by atoms with Gasteiger partial charge in [-0.15, -0.1) is 0 Å². The molecule has 1 aliphatic carbocycles. The Balaban J connectivity index is 1.64. The molecular formula is C28H22N2O2S. The lowest BCUT2D eigenvalue weighted by Gasteiger charge is -2.30. The molecule has 0 spiro atoms. The van der Waals surface area contributed by atoms with Crippen molar-refractivity contribution in [3.8, 4) is 5.75 Å². The lowest BCUT2D eigenvalue weighted by molar-refractivity contribution is 0.474. The predicted molar refractivity (Wildman–Crippen MR) is 132 cm³/mol. The van der Waals surface area contributed by atoms with Crippen LogP contribution in [0.2, 0.25) is 0 Å². The van der Waals surface area contributed by atoms with E-state index >= 15 is 0 Å². The zero-order valence-corrected chi connectivity index (χ0v) is 19.0. The highest BCUT2D eigenvalue weighted by molar-refractivity contribution is 7.07. The van der Waals surface area contributed by atoms with E-state index in [9.17, 15) is 9.90 Å². The predicted octanol–water partition coefficient (Wildman–Crippen LogP) is 4.33. The largest absolute Gasteiger partial charge is 0.507 e. The van der Waals surface area contributed by atoms with Crippen molar-refractivity contribution in [3.63, 3.8) is 0 Å². The number of phenols is 1. The van der Waals surface area contributed by atoms with Crippen molar-refractivity contribution in [2.24, 2.45) is 4.99 Å². The molecule has 5 heteroatoms. The molecule has 0 radical (unpaired) electrons. The Kier molecular flexibility index (Phi) is 4.66. The number of aromatic hydroxyl groups is 1. The van der Waals surface area contributed by atoms with Crippen molar-refractivity contribution in [2.75, 3.05) is 0 Å². The van der Waals surface area contributed by atoms with Crippen LogP contribution in [0.4, 0.5) is 0 Å². The molecule has 162 valence electrons. The van der Waals surface area contributed by atoms with Crippen molar-refractivity contribution in [1.29, 1.82) is 0 Å². The number of nitrogens with zero attached hydrogens (tertiary/aromatic N) is 2. The molecule has 1 aliphatic heterocycles. The van der Waals surface area contributed by atoms with E-state index in [-0.39, 0.29) is 17.4 Å². The van der Waals surface area contributed by atoms with Crippen LogP contribution in [0, 0.1) is 6.92 Å². The lowest BCUT2D eigenvalue weighted by Crippen LogP contribution is -2.38. The topological polar surface area (TPSA) is 54.6 Å². The second kappa shape index (κ2) is 7.71. The Bertz CT molecular complexity index is 1610. The third kappa shape index (κ3) is 3.28. The van der Waals surface area contributed by atoms with Crippen molar-refractivity contribution in [1.82, 2.24) is 4.57 Å². The first-order valence-corrected chi connectivity index (χ1v) is 11.9. The number of hydrogen-bond donors (Lipinski definition) is 1. The van der Waals surface area contributed by atoms with Crippen LogP contribution in [0.1, 0.15) is 40.3 Å². The minimum Gasteiger partial charge on any atom is -0.507 e. The van der Waals surface area contributed by atoms with Gasteiger partial charge in [-0.05, 0) is 48.6 Å². The smallest absolute Gasteiger partial charge is 0.271 e. The van der Waals surface area contributed by atoms with E-state index in [2.05, 4.69) is 55.5 Å². The van der Waals surface area contributed by atoms with Gasteiger partial charge in [0.1, 0.15) is 5.75 Å². The zero-order chi connectivity index (χ0) is 22.5. The Morgan fingerprint density at radius 3 is 2.58 bits per heavy atom. The first-order chi connectivity index (χ1) is 16.1. The highest BCUT2D eigenvalue weighted by atomic mass is 32.1. The van der Waals surface area contributed by atoms with E-state index in [4.69, 9.17) is 4.99 Å². The van der Waals surface area contributed by atoms with Crippen LogP contribution in [0.15, 0.2) is 88.2 Å². The zero-order valence-electron chi connectivity index (χ0n) is 18.2. The number of aryl methyl sites for hydroxylation is 2. The summed E-state index contributed by atoms with van der Waals surface area (Å²) in [7, 11) is 0. The average Bonchev–Trinajstić information content (AvgIpc) is 3.14. The minimum atomic E-state index is -0.184. The highest BCUT2D eigenvalue weighted by Crippen LogP contribution is 2.41. The number of rotatable bonds is 2. The minimum absolute atomic E-state index is 0.0713. The second-order valence-corrected chi connectivity index (χ2v) is 9.59. The summed E-state index contributed by atoms with van der Waals surface area (Å²) in [6.07, 6.45) is 3.58. The van der Waals surface area contributed by atoms with Crippen LogP contribution < -0.4 is 14.9 Å². The Hall–Kier alpha value is -3.70. The Morgan fingerprint density at radius 1 is 1.00 bits per heavy atom. The normalized spacial score (nSPS) is 17.2. The molecule has 2 heterocycles. The quantitative estimate of drug-likeness (QED) is 0.494. The van der Waals surface area contributed by atoms with Crippen LogP contribution in [-0.2, 0) is 6.42 Å². The number of allylic oxidation sites excluding steroid dienone is 1. The monoisotopic (exact) mass is 450 g/mol. The van der Waals surface area contributed by atoms with E-state index in [1.54, 1.807) is 18.2 Å². The van der Waals surface area contributed by atoms with Crippen LogP contribution in [0.25, 0.3) is 11.8 Å². The molecule has 0 bridgehead atoms. The fourth-order valence-corrected chi connectivity index (χ4v) is 5.81. The van der Waals surface area contributed by atoms with Gasteiger partial charge in [-0.1, -0.05) is 83.6 Å². The molecule has 0 saturated carbocycles. The molecule has 0 amide bonds. The molecule has 0 unspecified atom stereocenters. The van der Waals surface area contributed by atoms with Gasteiger partial charge in [-0.3, -0.25) is 9.36 Å². The van der Waals surface area contributed by atoms with Gasteiger partial charge in [-0.2, -0.15) is 0 Å². The summed E-state index contributed by atoms with van der Waals surface area (Å²) in [5.41, 5.74) is 7.50. The molecule has 1 atom stereocenters. The summed E-state index contributed by atoms with van der Waals surface area (Å²) in [6.45, 7) is 2.07. The number of fused-ring (bicyclic) bond motifs is 3. The second-order valence-electron chi connectivity index (χ2n) is 8.58. The van der Waals surface area contributed by atoms with Crippen LogP contribution in [0.5, 0.6) is 5.75 Å². The Morgan fingerprint density at radius 2 is 1.76 bits per heavy atom. The fraction of sp³-hybridized carbons (Fsp3) is 0.143. The molecular weight excluding hydrogens is 428 g/mol. The first kappa shape index (κ1) is 19.9. The third-order valence-electron chi connectivity index (χ3n) is 6.49. The average molecular weight is 451 g/mol. The number of hydrogen-bond acceptors (Lipinski definition) is 4. The number of para-hydroxylation sites is 1. The standard InChI is InChI=1S/C28H22N2O2S/c1-17-10-12-19(13-11-17)26-22-15-14-18-6-2-4-8-21(18)25(22)29-28-30(26)27(32)24(33-28)16-20-7-3-5-9-23(20)31/h2-13,16,26,31H,14-15H2,1H3/b24-16-/t26-/m1/s1. The van der Waals surface area contributed by atoms with E-state index < -0.39 is 0 Å². The van der Waals surface area contributed by atoms with E-state index in [0.717, 1.165) is 29.7 Å². The molecule has 3 aromatic carbocycles. The van der Waals surface area contributed by atoms with Crippen molar-refractivity contribution in [2.45, 2.75) is 25.8 Å². The van der Waals surface area contributed by atoms with Gasteiger partial charge in [0.2, 0.25) is 0 Å². The van der Waals surface area contributed by atoms with Crippen molar-refractivity contribution < 1.29 is 5.11 Å². The van der Waals surface area contributed by atoms with Crippen molar-refractivity contribution >= 4 is 23.1 Å². The van der Waals surface area contributed by atoms with Crippen LogP contribution >= 0.6 is 11.3 Å². The SMILES string of the molecule is Cc1ccc([C@@H]2C3=C(N=c4s/c(=C\c5ccccc5O)c(=O)n42)c2ccccc2CC3)cc1. The third-order valence-corrected chi connectivity index (χ3v) is 7.47. The maximum atomic E-state index is 13.7. The van der Waals surface area contributed by atoms with Gasteiger partial charge in [0, 0.05) is 11.1 Å². The van der Waals surface area contributed by atoms with E-state index in [1.165, 1.54) is 28.0 Å². The molecule has 33 heavy (non-hydrogen) atoms. The van der Waals surface area contributed by atoms with Gasteiger partial charge >= 0.3 is 0 Å². The molecule has 1 N–H and O–H groups in total. The van der Waals surface area contributed by atoms with Gasteiger partial charge in [0.25, 0.3) is 5.56 Å². The Labute approximate surface area is 195 Å². The number of aromatic nitrogens is 1. The number of phenolic OH excluding ortho intramolecular Hbond substituents is 1. The highest BCUT2D eigenvalue weighted by Gasteiger charge is 2.32. The van der Waals surface area contributed by atoms with Gasteiger partial charge in [0.15, 0.2) is 4.80 Å². The molecule has 4 nitrogen and oxygen atoms in total. The van der Waals surface area contributed by atoms with Crippen LogP contribution in [0.3, 0.4) is 0 Å². The molecule has 1 aromatic heterocycles. The van der Waals surface area contributed by atoms with E-state index in [0.29, 0.717) is 14.9 Å². The van der Waals surface area contributed by atoms with Gasteiger partial charge in [-0.25, -0.2) is 4.99 Å². The maximum absolute atomic E-state index is 13.7. The first-order valence-electron chi connectivity index (χ1n) is 11.1. The summed E-state index contributed by atoms with van der Waals surface area (Å²) in [6, 6.07) is 23.8.